The molecule has 4 atom stereocenters. The highest BCUT2D eigenvalue weighted by Crippen LogP contribution is 2.52. The molecule has 29 heavy (non-hydrogen) atoms. The first-order valence-electron chi connectivity index (χ1n) is 9.21. The van der Waals surface area contributed by atoms with Crippen LogP contribution in [-0.2, 0) is 20.9 Å². The molecule has 2 bridgehead atoms. The van der Waals surface area contributed by atoms with Gasteiger partial charge in [-0.05, 0) is 24.6 Å². The van der Waals surface area contributed by atoms with Crippen LogP contribution in [0.15, 0.2) is 40.9 Å². The second-order valence-corrected chi connectivity index (χ2v) is 8.40. The molecule has 1 aromatic heterocycles. The zero-order valence-corrected chi connectivity index (χ0v) is 16.9. The molecule has 4 heterocycles. The van der Waals surface area contributed by atoms with Crippen LogP contribution in [0.4, 0.5) is 5.82 Å². The lowest BCUT2D eigenvalue weighted by Crippen LogP contribution is -2.44. The van der Waals surface area contributed by atoms with Crippen molar-refractivity contribution in [2.24, 2.45) is 11.8 Å². The third kappa shape index (κ3) is 2.87. The number of ether oxygens (including phenoxy) is 1. The maximum Gasteiger partial charge on any atom is 0.235 e. The van der Waals surface area contributed by atoms with Crippen molar-refractivity contribution < 1.29 is 18.8 Å². The summed E-state index contributed by atoms with van der Waals surface area (Å²) in [6.45, 7) is 2.35. The number of hydrogen-bond acceptors (Lipinski definition) is 5. The lowest BCUT2D eigenvalue weighted by Gasteiger charge is -2.23. The second-order valence-electron chi connectivity index (χ2n) is 7.59. The molecule has 5 rings (SSSR count). The number of fused-ring (bicyclic) bond motifs is 1. The minimum absolute atomic E-state index is 0.181. The number of halogens is 2. The molecule has 2 saturated heterocycles. The van der Waals surface area contributed by atoms with E-state index in [0.717, 1.165) is 5.56 Å². The fourth-order valence-corrected chi connectivity index (χ4v) is 4.75. The molecule has 150 valence electrons. The standard InChI is InChI=1S/C20H17Cl2N3O4/c1-10-6-15(24-29-10)25-9-20-5-4-14(28-20)16(17(20)19(25)27)18(26)23-8-11-2-3-12(21)13(22)7-11/h2-7,14,16-17H,8-9H2,1H3,(H,23,26)/t14-,16?,17?,20?/m1/s1. The van der Waals surface area contributed by atoms with Crippen LogP contribution in [0.5, 0.6) is 0 Å². The van der Waals surface area contributed by atoms with E-state index in [1.54, 1.807) is 31.2 Å². The molecule has 0 aliphatic carbocycles. The lowest BCUT2D eigenvalue weighted by molar-refractivity contribution is -0.132. The Kier molecular flexibility index (Phi) is 4.24. The van der Waals surface area contributed by atoms with Crippen molar-refractivity contribution in [2.75, 3.05) is 11.4 Å². The van der Waals surface area contributed by atoms with Gasteiger partial charge in [-0.25, -0.2) is 0 Å². The average Bonchev–Trinajstić information content (AvgIpc) is 3.43. The fraction of sp³-hybridized carbons (Fsp3) is 0.350. The number of rotatable bonds is 4. The van der Waals surface area contributed by atoms with Gasteiger partial charge in [0.1, 0.15) is 11.4 Å². The summed E-state index contributed by atoms with van der Waals surface area (Å²) in [6.07, 6.45) is 3.35. The largest absolute Gasteiger partial charge is 0.360 e. The van der Waals surface area contributed by atoms with Crippen LogP contribution in [0.25, 0.3) is 0 Å². The molecule has 2 aromatic rings. The highest BCUT2D eigenvalue weighted by Gasteiger charge is 2.67. The van der Waals surface area contributed by atoms with Crippen LogP contribution in [-0.4, -0.2) is 35.2 Å². The monoisotopic (exact) mass is 433 g/mol. The van der Waals surface area contributed by atoms with Crippen LogP contribution >= 0.6 is 23.2 Å². The van der Waals surface area contributed by atoms with E-state index in [4.69, 9.17) is 32.5 Å². The average molecular weight is 434 g/mol. The molecule has 1 aromatic carbocycles. The molecule has 0 saturated carbocycles. The number of aryl methyl sites for hydroxylation is 1. The smallest absolute Gasteiger partial charge is 0.235 e. The number of carbonyl (C=O) groups excluding carboxylic acids is 2. The molecule has 1 N–H and O–H groups in total. The molecule has 2 fully saturated rings. The first kappa shape index (κ1) is 18.7. The van der Waals surface area contributed by atoms with Crippen LogP contribution in [0.1, 0.15) is 11.3 Å². The molecule has 3 aliphatic heterocycles. The highest BCUT2D eigenvalue weighted by molar-refractivity contribution is 6.42. The minimum atomic E-state index is -0.805. The first-order chi connectivity index (χ1) is 13.9. The number of hydrogen-bond donors (Lipinski definition) is 1. The predicted molar refractivity (Wildman–Crippen MR) is 106 cm³/mol. The van der Waals surface area contributed by atoms with Crippen molar-refractivity contribution in [1.82, 2.24) is 10.5 Å². The van der Waals surface area contributed by atoms with E-state index >= 15 is 0 Å². The van der Waals surface area contributed by atoms with Gasteiger partial charge in [0.15, 0.2) is 5.82 Å². The molecule has 2 amide bonds. The van der Waals surface area contributed by atoms with Crippen molar-refractivity contribution in [3.63, 3.8) is 0 Å². The van der Waals surface area contributed by atoms with Crippen LogP contribution in [0.3, 0.4) is 0 Å². The molecule has 3 aliphatic rings. The van der Waals surface area contributed by atoms with Gasteiger partial charge < -0.3 is 14.6 Å². The van der Waals surface area contributed by atoms with Gasteiger partial charge >= 0.3 is 0 Å². The molecule has 7 nitrogen and oxygen atoms in total. The Bertz CT molecular complexity index is 1050. The molecular weight excluding hydrogens is 417 g/mol. The Morgan fingerprint density at radius 2 is 2.17 bits per heavy atom. The summed E-state index contributed by atoms with van der Waals surface area (Å²) in [5, 5.41) is 7.72. The van der Waals surface area contributed by atoms with Gasteiger partial charge in [-0.15, -0.1) is 0 Å². The van der Waals surface area contributed by atoms with E-state index in [1.165, 1.54) is 4.90 Å². The first-order valence-corrected chi connectivity index (χ1v) is 9.97. The summed E-state index contributed by atoms with van der Waals surface area (Å²) >= 11 is 12.0. The summed E-state index contributed by atoms with van der Waals surface area (Å²) in [5.41, 5.74) is 0.0136. The fourth-order valence-electron chi connectivity index (χ4n) is 4.43. The van der Waals surface area contributed by atoms with Crippen LogP contribution in [0.2, 0.25) is 10.0 Å². The number of aromatic nitrogens is 1. The van der Waals surface area contributed by atoms with Gasteiger partial charge in [0, 0.05) is 12.6 Å². The van der Waals surface area contributed by atoms with Crippen molar-refractivity contribution in [3.8, 4) is 0 Å². The van der Waals surface area contributed by atoms with E-state index in [1.807, 2.05) is 12.2 Å². The number of nitrogens with one attached hydrogen (secondary N) is 1. The molecule has 3 unspecified atom stereocenters. The predicted octanol–water partition coefficient (Wildman–Crippen LogP) is 2.89. The summed E-state index contributed by atoms with van der Waals surface area (Å²) in [5.74, 6) is -0.564. The molecular formula is C20H17Cl2N3O4. The lowest BCUT2D eigenvalue weighted by atomic mass is 9.77. The Balaban J connectivity index is 1.36. The summed E-state index contributed by atoms with van der Waals surface area (Å²) in [4.78, 5) is 27.7. The molecule has 1 spiro atoms. The van der Waals surface area contributed by atoms with E-state index in [9.17, 15) is 9.59 Å². The zero-order chi connectivity index (χ0) is 20.3. The Morgan fingerprint density at radius 1 is 1.34 bits per heavy atom. The number of benzene rings is 1. The van der Waals surface area contributed by atoms with Crippen molar-refractivity contribution in [2.45, 2.75) is 25.2 Å². The maximum atomic E-state index is 13.2. The van der Waals surface area contributed by atoms with E-state index < -0.39 is 23.5 Å². The third-order valence-corrected chi connectivity index (χ3v) is 6.48. The Labute approximate surface area is 176 Å². The Morgan fingerprint density at radius 3 is 2.90 bits per heavy atom. The van der Waals surface area contributed by atoms with Crippen LogP contribution in [0, 0.1) is 18.8 Å². The van der Waals surface area contributed by atoms with E-state index in [2.05, 4.69) is 10.5 Å². The number of nitrogens with zero attached hydrogens (tertiary/aromatic N) is 2. The number of carbonyl (C=O) groups is 2. The summed E-state index contributed by atoms with van der Waals surface area (Å²) in [6, 6.07) is 6.88. The topological polar surface area (TPSA) is 84.7 Å². The van der Waals surface area contributed by atoms with Gasteiger partial charge in [0.25, 0.3) is 0 Å². The normalized spacial score (nSPS) is 29.6. The van der Waals surface area contributed by atoms with Gasteiger partial charge in [-0.3, -0.25) is 14.5 Å². The molecule has 0 radical (unpaired) electrons. The maximum absolute atomic E-state index is 13.2. The third-order valence-electron chi connectivity index (χ3n) is 5.75. The SMILES string of the molecule is Cc1cc(N2CC34C=C[C@@H](O3)C(C(=O)NCc3ccc(Cl)c(Cl)c3)C4C2=O)no1. The summed E-state index contributed by atoms with van der Waals surface area (Å²) < 4.78 is 11.2. The van der Waals surface area contributed by atoms with Gasteiger partial charge in [-0.1, -0.05) is 46.6 Å². The van der Waals surface area contributed by atoms with Crippen LogP contribution < -0.4 is 10.2 Å². The number of anilines is 1. The summed E-state index contributed by atoms with van der Waals surface area (Å²) in [7, 11) is 0. The highest BCUT2D eigenvalue weighted by atomic mass is 35.5. The molecule has 9 heteroatoms. The van der Waals surface area contributed by atoms with Gasteiger partial charge in [-0.2, -0.15) is 0 Å². The minimum Gasteiger partial charge on any atom is -0.360 e. The Hall–Kier alpha value is -2.35. The van der Waals surface area contributed by atoms with Crippen molar-refractivity contribution >= 4 is 40.8 Å². The van der Waals surface area contributed by atoms with Crippen molar-refractivity contribution in [3.05, 3.63) is 57.8 Å². The number of amides is 2. The zero-order valence-electron chi connectivity index (χ0n) is 15.4. The van der Waals surface area contributed by atoms with Crippen molar-refractivity contribution in [1.29, 1.82) is 0 Å². The second kappa shape index (κ2) is 6.58. The van der Waals surface area contributed by atoms with Gasteiger partial charge in [0.05, 0.1) is 34.5 Å². The van der Waals surface area contributed by atoms with E-state index in [-0.39, 0.29) is 18.4 Å². The quantitative estimate of drug-likeness (QED) is 0.749. The van der Waals surface area contributed by atoms with E-state index in [0.29, 0.717) is 28.2 Å². The van der Waals surface area contributed by atoms with Gasteiger partial charge in [0.2, 0.25) is 11.8 Å².